The second-order valence-electron chi connectivity index (χ2n) is 12.3. The molecule has 0 spiro atoms. The van der Waals surface area contributed by atoms with Crippen molar-refractivity contribution in [3.8, 4) is 45.6 Å². The number of para-hydroxylation sites is 6. The van der Waals surface area contributed by atoms with E-state index in [1.807, 2.05) is 24.3 Å². The highest BCUT2D eigenvalue weighted by Crippen LogP contribution is 2.50. The van der Waals surface area contributed by atoms with Gasteiger partial charge in [0.05, 0.1) is 22.1 Å². The van der Waals surface area contributed by atoms with Crippen molar-refractivity contribution < 1.29 is 4.74 Å². The van der Waals surface area contributed by atoms with Crippen molar-refractivity contribution >= 4 is 22.1 Å². The summed E-state index contributed by atoms with van der Waals surface area (Å²) in [5.41, 5.74) is 10.2. The summed E-state index contributed by atoms with van der Waals surface area (Å²) in [6, 6.07) is 50.4. The van der Waals surface area contributed by atoms with Crippen LogP contribution in [0.1, 0.15) is 25.0 Å². The zero-order valence-corrected chi connectivity index (χ0v) is 25.6. The summed E-state index contributed by atoms with van der Waals surface area (Å²) in [7, 11) is 0. The first kappa shape index (κ1) is 26.5. The van der Waals surface area contributed by atoms with E-state index in [2.05, 4.69) is 144 Å². The maximum Gasteiger partial charge on any atom is 0.145 e. The monoisotopic (exact) mass is 594 g/mol. The fourth-order valence-electron chi connectivity index (χ4n) is 6.87. The lowest BCUT2D eigenvalue weighted by molar-refractivity contribution is 0.418. The number of nitrogens with zero attached hydrogens (tertiary/aromatic N) is 4. The van der Waals surface area contributed by atoms with Gasteiger partial charge in [0.25, 0.3) is 0 Å². The van der Waals surface area contributed by atoms with Gasteiger partial charge in [0.1, 0.15) is 23.1 Å². The number of benzene rings is 6. The van der Waals surface area contributed by atoms with Gasteiger partial charge >= 0.3 is 0 Å². The van der Waals surface area contributed by atoms with Crippen LogP contribution in [0.25, 0.3) is 56.2 Å². The molecule has 8 aromatic rings. The topological polar surface area (TPSA) is 44.9 Å². The molecule has 9 rings (SSSR count). The Kier molecular flexibility index (Phi) is 5.78. The smallest absolute Gasteiger partial charge is 0.145 e. The highest BCUT2D eigenvalue weighted by atomic mass is 16.5. The van der Waals surface area contributed by atoms with Crippen LogP contribution in [0.5, 0.6) is 11.5 Å². The Labute approximate surface area is 267 Å². The fourth-order valence-corrected chi connectivity index (χ4v) is 6.87. The van der Waals surface area contributed by atoms with Gasteiger partial charge in [0.2, 0.25) is 0 Å². The Morgan fingerprint density at radius 3 is 1.35 bits per heavy atom. The molecule has 0 aliphatic carbocycles. The van der Waals surface area contributed by atoms with Crippen LogP contribution in [0.15, 0.2) is 146 Å². The minimum atomic E-state index is -0.345. The molecule has 5 heteroatoms. The van der Waals surface area contributed by atoms with Crippen molar-refractivity contribution in [2.45, 2.75) is 19.3 Å². The minimum absolute atomic E-state index is 0.345. The number of hydrogen-bond acceptors (Lipinski definition) is 3. The van der Waals surface area contributed by atoms with Gasteiger partial charge in [0.15, 0.2) is 0 Å². The number of hydrogen-bond donors (Lipinski definition) is 0. The third kappa shape index (κ3) is 4.02. The molecule has 0 radical (unpaired) electrons. The molecule has 0 bridgehead atoms. The third-order valence-corrected chi connectivity index (χ3v) is 9.19. The van der Waals surface area contributed by atoms with Crippen LogP contribution in [0.2, 0.25) is 0 Å². The summed E-state index contributed by atoms with van der Waals surface area (Å²) in [4.78, 5) is 10.2. The van der Waals surface area contributed by atoms with E-state index in [4.69, 9.17) is 14.7 Å². The molecule has 0 N–H and O–H groups in total. The predicted octanol–water partition coefficient (Wildman–Crippen LogP) is 10.1. The van der Waals surface area contributed by atoms with E-state index in [-0.39, 0.29) is 5.41 Å². The molecule has 0 atom stereocenters. The average Bonchev–Trinajstić information content (AvgIpc) is 3.68. The van der Waals surface area contributed by atoms with Crippen molar-refractivity contribution in [3.05, 3.63) is 157 Å². The Morgan fingerprint density at radius 2 is 0.891 bits per heavy atom. The molecule has 1 aliphatic rings. The second kappa shape index (κ2) is 10.0. The van der Waals surface area contributed by atoms with Crippen molar-refractivity contribution in [1.82, 2.24) is 19.1 Å². The molecule has 0 unspecified atom stereocenters. The number of rotatable bonds is 4. The molecule has 6 aromatic carbocycles. The predicted molar refractivity (Wildman–Crippen MR) is 185 cm³/mol. The van der Waals surface area contributed by atoms with Gasteiger partial charge in [-0.05, 0) is 84.9 Å². The summed E-state index contributed by atoms with van der Waals surface area (Å²) in [6.07, 6.45) is 0. The van der Waals surface area contributed by atoms with Crippen LogP contribution in [0.4, 0.5) is 0 Å². The normalized spacial score (nSPS) is 13.3. The minimum Gasteiger partial charge on any atom is -0.457 e. The molecule has 0 saturated carbocycles. The summed E-state index contributed by atoms with van der Waals surface area (Å²) in [6.45, 7) is 4.56. The van der Waals surface area contributed by atoms with Crippen LogP contribution in [-0.4, -0.2) is 19.1 Å². The Hall–Kier alpha value is -5.94. The van der Waals surface area contributed by atoms with Crippen molar-refractivity contribution in [1.29, 1.82) is 0 Å². The van der Waals surface area contributed by atoms with Gasteiger partial charge < -0.3 is 4.74 Å². The van der Waals surface area contributed by atoms with Gasteiger partial charge in [0, 0.05) is 39.0 Å². The molecule has 5 nitrogen and oxygen atoms in total. The summed E-state index contributed by atoms with van der Waals surface area (Å²) < 4.78 is 11.1. The molecular formula is C41H30N4O. The van der Waals surface area contributed by atoms with Crippen molar-refractivity contribution in [2.75, 3.05) is 0 Å². The van der Waals surface area contributed by atoms with E-state index < -0.39 is 0 Å². The van der Waals surface area contributed by atoms with E-state index in [9.17, 15) is 0 Å². The third-order valence-electron chi connectivity index (χ3n) is 9.19. The highest BCUT2D eigenvalue weighted by Gasteiger charge is 2.35. The Bertz CT molecular complexity index is 2250. The first-order valence-corrected chi connectivity index (χ1v) is 15.6. The van der Waals surface area contributed by atoms with Gasteiger partial charge in [-0.2, -0.15) is 0 Å². The molecule has 0 fully saturated rings. The van der Waals surface area contributed by atoms with E-state index in [0.29, 0.717) is 0 Å². The number of ether oxygens (including phenoxy) is 1. The van der Waals surface area contributed by atoms with Crippen LogP contribution >= 0.6 is 0 Å². The first-order chi connectivity index (χ1) is 22.6. The molecule has 0 amide bonds. The van der Waals surface area contributed by atoms with E-state index >= 15 is 0 Å². The highest BCUT2D eigenvalue weighted by molar-refractivity contribution is 5.85. The summed E-state index contributed by atoms with van der Waals surface area (Å²) in [5.74, 6) is 3.55. The van der Waals surface area contributed by atoms with Crippen molar-refractivity contribution in [2.24, 2.45) is 0 Å². The van der Waals surface area contributed by atoms with Crippen LogP contribution in [0, 0.1) is 0 Å². The first-order valence-electron chi connectivity index (χ1n) is 15.6. The molecular weight excluding hydrogens is 564 g/mol. The van der Waals surface area contributed by atoms with Crippen molar-refractivity contribution in [3.63, 3.8) is 0 Å². The molecule has 3 heterocycles. The molecule has 0 saturated heterocycles. The number of fused-ring (bicyclic) bond motifs is 4. The molecule has 2 aromatic heterocycles. The SMILES string of the molecule is CC1(C)c2cc(-c3nc4ccccc4n3-c3ccccc3)ccc2Oc2ccc(-c3nc4ccccc4n3-c3ccccc3)cc21. The van der Waals surface area contributed by atoms with Gasteiger partial charge in [-0.1, -0.05) is 74.5 Å². The number of aromatic nitrogens is 4. The zero-order chi connectivity index (χ0) is 30.8. The van der Waals surface area contributed by atoms with Gasteiger partial charge in [-0.25, -0.2) is 9.97 Å². The molecule has 46 heavy (non-hydrogen) atoms. The van der Waals surface area contributed by atoms with Crippen LogP contribution < -0.4 is 4.74 Å². The standard InChI is InChI=1S/C41H30N4O/c1-41(2)31-25-27(39-42-33-17-9-11-19-35(33)44(39)29-13-5-3-6-14-29)21-23-37(31)46-38-24-22-28(26-32(38)41)40-43-34-18-10-12-20-36(34)45(40)30-15-7-4-8-16-30/h3-26H,1-2H3. The van der Waals surface area contributed by atoms with Crippen LogP contribution in [-0.2, 0) is 5.41 Å². The quantitative estimate of drug-likeness (QED) is 0.204. The largest absolute Gasteiger partial charge is 0.457 e. The Morgan fingerprint density at radius 1 is 0.478 bits per heavy atom. The Balaban J connectivity index is 1.19. The van der Waals surface area contributed by atoms with Gasteiger partial charge in [-0.3, -0.25) is 9.13 Å². The summed E-state index contributed by atoms with van der Waals surface area (Å²) in [5, 5.41) is 0. The van der Waals surface area contributed by atoms with Crippen LogP contribution in [0.3, 0.4) is 0 Å². The lowest BCUT2D eigenvalue weighted by Crippen LogP contribution is -2.24. The maximum atomic E-state index is 6.59. The molecule has 220 valence electrons. The summed E-state index contributed by atoms with van der Waals surface area (Å²) >= 11 is 0. The molecule has 1 aliphatic heterocycles. The zero-order valence-electron chi connectivity index (χ0n) is 25.6. The second-order valence-corrected chi connectivity index (χ2v) is 12.3. The fraction of sp³-hybridized carbons (Fsp3) is 0.0732. The lowest BCUT2D eigenvalue weighted by Gasteiger charge is -2.35. The maximum absolute atomic E-state index is 6.59. The van der Waals surface area contributed by atoms with E-state index in [1.165, 1.54) is 0 Å². The number of imidazole rings is 2. The van der Waals surface area contributed by atoms with E-state index in [0.717, 1.165) is 78.8 Å². The lowest BCUT2D eigenvalue weighted by atomic mass is 9.75. The average molecular weight is 595 g/mol. The van der Waals surface area contributed by atoms with E-state index in [1.54, 1.807) is 0 Å². The van der Waals surface area contributed by atoms with Gasteiger partial charge in [-0.15, -0.1) is 0 Å².